The second-order valence-corrected chi connectivity index (χ2v) is 5.55. The predicted molar refractivity (Wildman–Crippen MR) is 64.4 cm³/mol. The molecule has 0 aromatic carbocycles. The first-order valence-electron chi connectivity index (χ1n) is 6.13. The maximum Gasteiger partial charge on any atom is 0.222 e. The first-order valence-corrected chi connectivity index (χ1v) is 6.13. The number of likely N-dealkylation sites (tertiary alicyclic amines) is 1. The summed E-state index contributed by atoms with van der Waals surface area (Å²) in [7, 11) is 0. The van der Waals surface area contributed by atoms with Crippen molar-refractivity contribution in [3.8, 4) is 0 Å². The van der Waals surface area contributed by atoms with Gasteiger partial charge in [0.2, 0.25) is 5.91 Å². The van der Waals surface area contributed by atoms with Gasteiger partial charge in [-0.2, -0.15) is 0 Å². The van der Waals surface area contributed by atoms with Crippen LogP contribution in [0.1, 0.15) is 26.7 Å². The molecule has 0 aliphatic carbocycles. The van der Waals surface area contributed by atoms with Gasteiger partial charge >= 0.3 is 0 Å². The molecule has 96 valence electrons. The minimum Gasteiger partial charge on any atom is -0.350 e. The second-order valence-electron chi connectivity index (χ2n) is 5.55. The Bertz CT molecular complexity index is 307. The third-order valence-electron chi connectivity index (χ3n) is 3.42. The van der Waals surface area contributed by atoms with Crippen LogP contribution in [0.25, 0.3) is 0 Å². The van der Waals surface area contributed by atoms with Crippen molar-refractivity contribution >= 4 is 5.91 Å². The number of nitrogens with zero attached hydrogens (tertiary/aromatic N) is 1. The van der Waals surface area contributed by atoms with Gasteiger partial charge in [-0.1, -0.05) is 6.08 Å². The van der Waals surface area contributed by atoms with Gasteiger partial charge in [0.1, 0.15) is 0 Å². The zero-order valence-corrected chi connectivity index (χ0v) is 10.7. The number of hydrogen-bond donors (Lipinski definition) is 0. The van der Waals surface area contributed by atoms with E-state index < -0.39 is 5.79 Å². The van der Waals surface area contributed by atoms with Crippen molar-refractivity contribution in [2.24, 2.45) is 5.41 Å². The summed E-state index contributed by atoms with van der Waals surface area (Å²) in [6.45, 7) is 10.4. The van der Waals surface area contributed by atoms with E-state index in [0.29, 0.717) is 19.6 Å². The molecule has 4 nitrogen and oxygen atoms in total. The summed E-state index contributed by atoms with van der Waals surface area (Å²) in [6, 6.07) is 0. The molecular weight excluding hydrogens is 218 g/mol. The molecular formula is C13H21NO3. The van der Waals surface area contributed by atoms with Crippen molar-refractivity contribution < 1.29 is 14.3 Å². The Morgan fingerprint density at radius 2 is 1.94 bits per heavy atom. The SMILES string of the molecule is C=CCCC(=O)N1CC2(COC(C)(C)OC2)C1. The average molecular weight is 239 g/mol. The third-order valence-corrected chi connectivity index (χ3v) is 3.42. The van der Waals surface area contributed by atoms with Crippen molar-refractivity contribution in [1.82, 2.24) is 4.90 Å². The number of amides is 1. The molecule has 2 aliphatic rings. The molecule has 2 fully saturated rings. The van der Waals surface area contributed by atoms with E-state index in [4.69, 9.17) is 9.47 Å². The van der Waals surface area contributed by atoms with E-state index in [-0.39, 0.29) is 11.3 Å². The third kappa shape index (κ3) is 2.69. The van der Waals surface area contributed by atoms with E-state index in [0.717, 1.165) is 19.5 Å². The summed E-state index contributed by atoms with van der Waals surface area (Å²) in [5, 5.41) is 0. The summed E-state index contributed by atoms with van der Waals surface area (Å²) >= 11 is 0. The maximum atomic E-state index is 11.7. The molecule has 2 saturated heterocycles. The second kappa shape index (κ2) is 4.42. The van der Waals surface area contributed by atoms with Gasteiger partial charge in [-0.3, -0.25) is 4.79 Å². The Kier molecular flexibility index (Phi) is 3.27. The number of carbonyl (C=O) groups is 1. The normalized spacial score (nSPS) is 25.4. The van der Waals surface area contributed by atoms with Gasteiger partial charge in [0.05, 0.1) is 18.6 Å². The van der Waals surface area contributed by atoms with Crippen LogP contribution in [0, 0.1) is 5.41 Å². The number of rotatable bonds is 3. The largest absolute Gasteiger partial charge is 0.350 e. The molecule has 0 saturated carbocycles. The molecule has 1 amide bonds. The monoisotopic (exact) mass is 239 g/mol. The molecule has 0 aromatic rings. The number of allylic oxidation sites excluding steroid dienone is 1. The lowest BCUT2D eigenvalue weighted by molar-refractivity contribution is -0.302. The molecule has 0 atom stereocenters. The first-order chi connectivity index (χ1) is 7.96. The van der Waals surface area contributed by atoms with Crippen molar-refractivity contribution in [3.05, 3.63) is 12.7 Å². The quantitative estimate of drug-likeness (QED) is 0.702. The van der Waals surface area contributed by atoms with Gasteiger partial charge in [0.25, 0.3) is 0 Å². The predicted octanol–water partition coefficient (Wildman–Crippen LogP) is 1.56. The standard InChI is InChI=1S/C13H21NO3/c1-4-5-6-11(15)14-7-13(8-14)9-16-12(2,3)17-10-13/h4H,1,5-10H2,2-3H3. The lowest BCUT2D eigenvalue weighted by atomic mass is 9.80. The van der Waals surface area contributed by atoms with Crippen LogP contribution in [-0.2, 0) is 14.3 Å². The highest BCUT2D eigenvalue weighted by Crippen LogP contribution is 2.37. The van der Waals surface area contributed by atoms with Crippen LogP contribution in [0.15, 0.2) is 12.7 Å². The molecule has 0 unspecified atom stereocenters. The molecule has 2 aliphatic heterocycles. The summed E-state index contributed by atoms with van der Waals surface area (Å²) in [6.07, 6.45) is 3.10. The molecule has 0 N–H and O–H groups in total. The van der Waals surface area contributed by atoms with Crippen LogP contribution < -0.4 is 0 Å². The Morgan fingerprint density at radius 1 is 1.35 bits per heavy atom. The number of carbonyl (C=O) groups excluding carboxylic acids is 1. The van der Waals surface area contributed by atoms with Crippen LogP contribution in [0.5, 0.6) is 0 Å². The highest BCUT2D eigenvalue weighted by Gasteiger charge is 2.49. The molecule has 0 bridgehead atoms. The zero-order chi connectivity index (χ0) is 12.5. The van der Waals surface area contributed by atoms with Gasteiger partial charge in [0, 0.05) is 19.5 Å². The molecule has 0 aromatic heterocycles. The minimum absolute atomic E-state index is 0.0410. The first kappa shape index (κ1) is 12.6. The Balaban J connectivity index is 1.78. The van der Waals surface area contributed by atoms with E-state index in [9.17, 15) is 4.79 Å². The van der Waals surface area contributed by atoms with Gasteiger partial charge < -0.3 is 14.4 Å². The fraction of sp³-hybridized carbons (Fsp3) is 0.769. The van der Waals surface area contributed by atoms with Crippen molar-refractivity contribution in [2.45, 2.75) is 32.5 Å². The number of ether oxygens (including phenoxy) is 2. The van der Waals surface area contributed by atoms with Crippen molar-refractivity contribution in [3.63, 3.8) is 0 Å². The summed E-state index contributed by atoms with van der Waals surface area (Å²) in [5.74, 6) is -0.265. The summed E-state index contributed by atoms with van der Waals surface area (Å²) in [4.78, 5) is 13.6. The molecule has 17 heavy (non-hydrogen) atoms. The van der Waals surface area contributed by atoms with Crippen LogP contribution in [0.3, 0.4) is 0 Å². The maximum absolute atomic E-state index is 11.7. The van der Waals surface area contributed by atoms with Crippen LogP contribution >= 0.6 is 0 Å². The highest BCUT2D eigenvalue weighted by molar-refractivity contribution is 5.77. The van der Waals surface area contributed by atoms with E-state index in [2.05, 4.69) is 6.58 Å². The molecule has 4 heteroatoms. The van der Waals surface area contributed by atoms with Crippen LogP contribution in [0.4, 0.5) is 0 Å². The van der Waals surface area contributed by atoms with E-state index in [1.54, 1.807) is 6.08 Å². The molecule has 0 radical (unpaired) electrons. The summed E-state index contributed by atoms with van der Waals surface area (Å²) in [5.41, 5.74) is 0.0410. The molecule has 2 rings (SSSR count). The fourth-order valence-corrected chi connectivity index (χ4v) is 2.24. The van der Waals surface area contributed by atoms with Crippen molar-refractivity contribution in [2.75, 3.05) is 26.3 Å². The Hall–Kier alpha value is -0.870. The van der Waals surface area contributed by atoms with Crippen LogP contribution in [-0.4, -0.2) is 42.9 Å². The lowest BCUT2D eigenvalue weighted by Gasteiger charge is -2.54. The van der Waals surface area contributed by atoms with Crippen LogP contribution in [0.2, 0.25) is 0 Å². The van der Waals surface area contributed by atoms with Gasteiger partial charge in [-0.15, -0.1) is 6.58 Å². The molecule has 1 spiro atoms. The average Bonchev–Trinajstić information content (AvgIpc) is 2.23. The number of hydrogen-bond acceptors (Lipinski definition) is 3. The Morgan fingerprint density at radius 3 is 2.47 bits per heavy atom. The Labute approximate surface area is 103 Å². The van der Waals surface area contributed by atoms with Gasteiger partial charge in [-0.25, -0.2) is 0 Å². The highest BCUT2D eigenvalue weighted by atomic mass is 16.7. The van der Waals surface area contributed by atoms with Crippen molar-refractivity contribution in [1.29, 1.82) is 0 Å². The molecule has 2 heterocycles. The topological polar surface area (TPSA) is 38.8 Å². The fourth-order valence-electron chi connectivity index (χ4n) is 2.24. The smallest absolute Gasteiger partial charge is 0.222 e. The van der Waals surface area contributed by atoms with Gasteiger partial charge in [-0.05, 0) is 20.3 Å². The van der Waals surface area contributed by atoms with E-state index in [1.165, 1.54) is 0 Å². The zero-order valence-electron chi connectivity index (χ0n) is 10.7. The van der Waals surface area contributed by atoms with E-state index in [1.807, 2.05) is 18.7 Å². The minimum atomic E-state index is -0.474. The van der Waals surface area contributed by atoms with E-state index >= 15 is 0 Å². The lowest BCUT2D eigenvalue weighted by Crippen LogP contribution is -2.65. The summed E-state index contributed by atoms with van der Waals surface area (Å²) < 4.78 is 11.3. The van der Waals surface area contributed by atoms with Gasteiger partial charge in [0.15, 0.2) is 5.79 Å².